The third-order valence-corrected chi connectivity index (χ3v) is 3.90. The summed E-state index contributed by atoms with van der Waals surface area (Å²) < 4.78 is 18.4. The predicted octanol–water partition coefficient (Wildman–Crippen LogP) is 4.37. The van der Waals surface area contributed by atoms with Gasteiger partial charge < -0.3 is 4.74 Å². The van der Waals surface area contributed by atoms with E-state index < -0.39 is 5.97 Å². The second-order valence-electron chi connectivity index (χ2n) is 5.91. The molecule has 122 valence electrons. The molecule has 4 heteroatoms. The SMILES string of the molecule is Cc1ccc(/C=C2\N=C(CCc3cccc(F)c3)OC2=O)c(C)c1. The molecular formula is C20H18FNO2. The number of carbonyl (C=O) groups excluding carboxylic acids is 1. The number of esters is 1. The molecule has 2 aromatic rings. The van der Waals surface area contributed by atoms with E-state index in [0.29, 0.717) is 24.4 Å². The first-order valence-electron chi connectivity index (χ1n) is 7.84. The molecule has 0 bridgehead atoms. The summed E-state index contributed by atoms with van der Waals surface area (Å²) in [6.45, 7) is 4.02. The number of ether oxygens (including phenoxy) is 1. The van der Waals surface area contributed by atoms with Gasteiger partial charge in [-0.2, -0.15) is 0 Å². The number of nitrogens with zero attached hydrogens (tertiary/aromatic N) is 1. The molecule has 0 saturated heterocycles. The van der Waals surface area contributed by atoms with E-state index in [1.165, 1.54) is 17.7 Å². The molecule has 0 aromatic heterocycles. The Balaban J connectivity index is 1.74. The lowest BCUT2D eigenvalue weighted by atomic mass is 10.0. The van der Waals surface area contributed by atoms with Crippen molar-refractivity contribution in [3.05, 3.63) is 76.2 Å². The smallest absolute Gasteiger partial charge is 0.363 e. The topological polar surface area (TPSA) is 38.7 Å². The van der Waals surface area contributed by atoms with Crippen LogP contribution in [0.3, 0.4) is 0 Å². The molecular weight excluding hydrogens is 305 g/mol. The van der Waals surface area contributed by atoms with Crippen LogP contribution in [0.4, 0.5) is 4.39 Å². The lowest BCUT2D eigenvalue weighted by Crippen LogP contribution is -2.05. The monoisotopic (exact) mass is 323 g/mol. The van der Waals surface area contributed by atoms with Crippen LogP contribution < -0.4 is 0 Å². The van der Waals surface area contributed by atoms with Crippen molar-refractivity contribution < 1.29 is 13.9 Å². The quantitative estimate of drug-likeness (QED) is 0.619. The summed E-state index contributed by atoms with van der Waals surface area (Å²) in [5, 5.41) is 0. The van der Waals surface area contributed by atoms with Gasteiger partial charge in [-0.1, -0.05) is 35.9 Å². The molecule has 1 aliphatic rings. The Morgan fingerprint density at radius 2 is 1.96 bits per heavy atom. The molecule has 2 aromatic carbocycles. The Labute approximate surface area is 140 Å². The van der Waals surface area contributed by atoms with Gasteiger partial charge in [0.25, 0.3) is 0 Å². The fourth-order valence-electron chi connectivity index (χ4n) is 2.64. The minimum atomic E-state index is -0.441. The van der Waals surface area contributed by atoms with E-state index in [1.54, 1.807) is 12.1 Å². The Hall–Kier alpha value is -2.75. The maximum absolute atomic E-state index is 13.2. The molecule has 0 unspecified atom stereocenters. The van der Waals surface area contributed by atoms with E-state index in [9.17, 15) is 9.18 Å². The molecule has 1 heterocycles. The van der Waals surface area contributed by atoms with Crippen molar-refractivity contribution in [2.45, 2.75) is 26.7 Å². The van der Waals surface area contributed by atoms with Gasteiger partial charge in [0.05, 0.1) is 0 Å². The number of halogens is 1. The Bertz CT molecular complexity index is 852. The van der Waals surface area contributed by atoms with Crippen LogP contribution in [-0.2, 0) is 16.0 Å². The molecule has 24 heavy (non-hydrogen) atoms. The molecule has 0 aliphatic carbocycles. The van der Waals surface area contributed by atoms with Gasteiger partial charge in [0.15, 0.2) is 11.6 Å². The zero-order chi connectivity index (χ0) is 17.1. The highest BCUT2D eigenvalue weighted by atomic mass is 19.1. The largest absolute Gasteiger partial charge is 0.407 e. The number of carbonyl (C=O) groups is 1. The van der Waals surface area contributed by atoms with Crippen molar-refractivity contribution in [1.82, 2.24) is 0 Å². The van der Waals surface area contributed by atoms with Gasteiger partial charge in [0, 0.05) is 6.42 Å². The fourth-order valence-corrected chi connectivity index (χ4v) is 2.64. The van der Waals surface area contributed by atoms with Gasteiger partial charge >= 0.3 is 5.97 Å². The third kappa shape index (κ3) is 3.77. The second-order valence-corrected chi connectivity index (χ2v) is 5.91. The van der Waals surface area contributed by atoms with Crippen molar-refractivity contribution in [1.29, 1.82) is 0 Å². The van der Waals surface area contributed by atoms with E-state index in [1.807, 2.05) is 32.0 Å². The minimum absolute atomic E-state index is 0.270. The van der Waals surface area contributed by atoms with E-state index in [-0.39, 0.29) is 5.82 Å². The van der Waals surface area contributed by atoms with Crippen LogP contribution in [0.2, 0.25) is 0 Å². The molecule has 0 spiro atoms. The van der Waals surface area contributed by atoms with Crippen LogP contribution in [0.1, 0.15) is 28.7 Å². The van der Waals surface area contributed by atoms with Crippen molar-refractivity contribution >= 4 is 17.9 Å². The van der Waals surface area contributed by atoms with Gasteiger partial charge in [-0.25, -0.2) is 14.2 Å². The lowest BCUT2D eigenvalue weighted by molar-refractivity contribution is -0.130. The van der Waals surface area contributed by atoms with Gasteiger partial charge in [0.1, 0.15) is 5.82 Å². The number of cyclic esters (lactones) is 1. The molecule has 0 saturated carbocycles. The fraction of sp³-hybridized carbons (Fsp3) is 0.200. The molecule has 0 amide bonds. The van der Waals surface area contributed by atoms with Crippen LogP contribution in [-0.4, -0.2) is 11.9 Å². The van der Waals surface area contributed by atoms with Crippen molar-refractivity contribution in [3.63, 3.8) is 0 Å². The highest BCUT2D eigenvalue weighted by Crippen LogP contribution is 2.20. The maximum atomic E-state index is 13.2. The van der Waals surface area contributed by atoms with Crippen molar-refractivity contribution in [2.24, 2.45) is 4.99 Å². The number of hydrogen-bond acceptors (Lipinski definition) is 3. The highest BCUT2D eigenvalue weighted by molar-refractivity contribution is 6.07. The Morgan fingerprint density at radius 3 is 2.71 bits per heavy atom. The standard InChI is InChI=1S/C20H18FNO2/c1-13-6-8-16(14(2)10-13)12-18-20(23)24-19(22-18)9-7-15-4-3-5-17(21)11-15/h3-6,8,10-12H,7,9H2,1-2H3/b18-12-. The Morgan fingerprint density at radius 1 is 1.12 bits per heavy atom. The summed E-state index contributed by atoms with van der Waals surface area (Å²) >= 11 is 0. The number of aliphatic imine (C=N–C) groups is 1. The number of aryl methyl sites for hydroxylation is 3. The van der Waals surface area contributed by atoms with Crippen LogP contribution >= 0.6 is 0 Å². The van der Waals surface area contributed by atoms with Crippen LogP contribution in [0.15, 0.2) is 53.2 Å². The highest BCUT2D eigenvalue weighted by Gasteiger charge is 2.22. The van der Waals surface area contributed by atoms with Gasteiger partial charge in [-0.05, 0) is 55.2 Å². The summed E-state index contributed by atoms with van der Waals surface area (Å²) in [4.78, 5) is 16.2. The van der Waals surface area contributed by atoms with E-state index in [4.69, 9.17) is 4.74 Å². The van der Waals surface area contributed by atoms with E-state index in [0.717, 1.165) is 16.7 Å². The maximum Gasteiger partial charge on any atom is 0.363 e. The van der Waals surface area contributed by atoms with Crippen LogP contribution in [0.25, 0.3) is 6.08 Å². The summed E-state index contributed by atoms with van der Waals surface area (Å²) in [7, 11) is 0. The van der Waals surface area contributed by atoms with Crippen molar-refractivity contribution in [2.75, 3.05) is 0 Å². The number of benzene rings is 2. The zero-order valence-corrected chi connectivity index (χ0v) is 13.7. The summed E-state index contributed by atoms with van der Waals surface area (Å²) in [5.74, 6) is -0.335. The van der Waals surface area contributed by atoms with Crippen molar-refractivity contribution in [3.8, 4) is 0 Å². The average molecular weight is 323 g/mol. The van der Waals surface area contributed by atoms with Gasteiger partial charge in [-0.3, -0.25) is 0 Å². The van der Waals surface area contributed by atoms with E-state index >= 15 is 0 Å². The zero-order valence-electron chi connectivity index (χ0n) is 13.7. The molecule has 0 fully saturated rings. The average Bonchev–Trinajstić information content (AvgIpc) is 2.88. The predicted molar refractivity (Wildman–Crippen MR) is 92.1 cm³/mol. The number of rotatable bonds is 4. The summed E-state index contributed by atoms with van der Waals surface area (Å²) in [6.07, 6.45) is 2.77. The summed E-state index contributed by atoms with van der Waals surface area (Å²) in [6, 6.07) is 12.4. The second kappa shape index (κ2) is 6.79. The number of hydrogen-bond donors (Lipinski definition) is 0. The molecule has 3 nitrogen and oxygen atoms in total. The molecule has 0 atom stereocenters. The van der Waals surface area contributed by atoms with E-state index in [2.05, 4.69) is 11.1 Å². The van der Waals surface area contributed by atoms with Gasteiger partial charge in [0.2, 0.25) is 0 Å². The summed E-state index contributed by atoms with van der Waals surface area (Å²) in [5.41, 5.74) is 4.35. The van der Waals surface area contributed by atoms with Crippen LogP contribution in [0, 0.1) is 19.7 Å². The molecule has 0 radical (unpaired) electrons. The normalized spacial score (nSPS) is 15.5. The molecule has 0 N–H and O–H groups in total. The third-order valence-electron chi connectivity index (χ3n) is 3.90. The molecule has 1 aliphatic heterocycles. The van der Waals surface area contributed by atoms with Gasteiger partial charge in [-0.15, -0.1) is 0 Å². The van der Waals surface area contributed by atoms with Crippen LogP contribution in [0.5, 0.6) is 0 Å². The first-order chi connectivity index (χ1) is 11.5. The Kier molecular flexibility index (Phi) is 4.56. The first kappa shape index (κ1) is 16.1. The minimum Gasteiger partial charge on any atom is -0.407 e. The lowest BCUT2D eigenvalue weighted by Gasteiger charge is -2.01. The first-order valence-corrected chi connectivity index (χ1v) is 7.84. The molecule has 3 rings (SSSR count).